The predicted octanol–water partition coefficient (Wildman–Crippen LogP) is 2.85. The Balaban J connectivity index is 1.57. The van der Waals surface area contributed by atoms with Gasteiger partial charge in [-0.05, 0) is 77.4 Å². The molecule has 2 aliphatic heterocycles. The number of likely N-dealkylation sites (tertiary alicyclic amines) is 2. The highest BCUT2D eigenvalue weighted by Gasteiger charge is 2.16. The normalized spacial score (nSPS) is 20.3. The molecule has 1 amide bonds. The Hall–Kier alpha value is -1.30. The Bertz CT molecular complexity index is 460. The van der Waals surface area contributed by atoms with Gasteiger partial charge in [0, 0.05) is 39.1 Å². The van der Waals surface area contributed by atoms with Gasteiger partial charge in [-0.15, -0.1) is 0 Å². The highest BCUT2D eigenvalue weighted by molar-refractivity contribution is 5.79. The Morgan fingerprint density at radius 3 is 2.64 bits per heavy atom. The Morgan fingerprint density at radius 1 is 1.04 bits per heavy atom. The summed E-state index contributed by atoms with van der Waals surface area (Å²) in [6, 6.07) is 0. The van der Waals surface area contributed by atoms with Crippen LogP contribution in [-0.4, -0.2) is 74.0 Å². The zero-order chi connectivity index (χ0) is 20.0. The van der Waals surface area contributed by atoms with Crippen molar-refractivity contribution >= 4 is 11.9 Å². The highest BCUT2D eigenvalue weighted by atomic mass is 16.2. The van der Waals surface area contributed by atoms with E-state index in [-0.39, 0.29) is 0 Å². The summed E-state index contributed by atoms with van der Waals surface area (Å²) < 4.78 is 0. The minimum absolute atomic E-state index is 0.328. The Kier molecular flexibility index (Phi) is 11.3. The number of hydrogen-bond donors (Lipinski definition) is 2. The van der Waals surface area contributed by atoms with Crippen molar-refractivity contribution in [3.63, 3.8) is 0 Å². The lowest BCUT2D eigenvalue weighted by atomic mass is 9.99. The molecule has 162 valence electrons. The van der Waals surface area contributed by atoms with Crippen LogP contribution in [0.1, 0.15) is 71.6 Å². The van der Waals surface area contributed by atoms with Crippen LogP contribution < -0.4 is 10.6 Å². The van der Waals surface area contributed by atoms with Crippen molar-refractivity contribution in [1.29, 1.82) is 0 Å². The summed E-state index contributed by atoms with van der Waals surface area (Å²) in [5.74, 6) is 2.15. The Morgan fingerprint density at radius 2 is 1.86 bits per heavy atom. The quantitative estimate of drug-likeness (QED) is 0.340. The van der Waals surface area contributed by atoms with Crippen molar-refractivity contribution in [2.24, 2.45) is 10.9 Å². The van der Waals surface area contributed by atoms with Crippen LogP contribution in [0.3, 0.4) is 0 Å². The van der Waals surface area contributed by atoms with Gasteiger partial charge in [0.15, 0.2) is 5.96 Å². The maximum Gasteiger partial charge on any atom is 0.222 e. The number of aliphatic imine (C=N–C) groups is 1. The van der Waals surface area contributed by atoms with Crippen LogP contribution in [0.2, 0.25) is 0 Å². The molecule has 0 bridgehead atoms. The SMILES string of the molecule is CCNC(=NCCCN1CCCCCC1=O)NCCCCN1CCC(C)CC1. The van der Waals surface area contributed by atoms with E-state index in [9.17, 15) is 4.79 Å². The largest absolute Gasteiger partial charge is 0.357 e. The molecule has 0 aromatic heterocycles. The molecule has 0 aromatic carbocycles. The summed E-state index contributed by atoms with van der Waals surface area (Å²) in [6.45, 7) is 12.6. The van der Waals surface area contributed by atoms with E-state index in [2.05, 4.69) is 34.4 Å². The molecule has 2 saturated heterocycles. The lowest BCUT2D eigenvalue weighted by molar-refractivity contribution is -0.130. The molecule has 0 unspecified atom stereocenters. The molecule has 0 aromatic rings. The molecule has 2 fully saturated rings. The van der Waals surface area contributed by atoms with E-state index < -0.39 is 0 Å². The standard InChI is InChI=1S/C22H43N5O/c1-3-23-22(24-13-6-8-15-26-18-11-20(2)12-19-26)25-14-9-17-27-16-7-4-5-10-21(27)28/h20H,3-19H2,1-2H3,(H2,23,24,25). The third kappa shape index (κ3) is 9.26. The first-order valence-electron chi connectivity index (χ1n) is 11.7. The second-order valence-corrected chi connectivity index (χ2v) is 8.46. The monoisotopic (exact) mass is 393 g/mol. The maximum absolute atomic E-state index is 12.0. The van der Waals surface area contributed by atoms with E-state index in [4.69, 9.17) is 0 Å². The molecule has 2 aliphatic rings. The summed E-state index contributed by atoms with van der Waals surface area (Å²) in [5.41, 5.74) is 0. The highest BCUT2D eigenvalue weighted by Crippen LogP contribution is 2.16. The van der Waals surface area contributed by atoms with Gasteiger partial charge in [-0.3, -0.25) is 9.79 Å². The number of unbranched alkanes of at least 4 members (excludes halogenated alkanes) is 1. The number of guanidine groups is 1. The van der Waals surface area contributed by atoms with Crippen LogP contribution in [0.25, 0.3) is 0 Å². The molecular formula is C22H43N5O. The van der Waals surface area contributed by atoms with Gasteiger partial charge < -0.3 is 20.4 Å². The molecule has 6 nitrogen and oxygen atoms in total. The summed E-state index contributed by atoms with van der Waals surface area (Å²) in [5, 5.41) is 6.80. The summed E-state index contributed by atoms with van der Waals surface area (Å²) >= 11 is 0. The van der Waals surface area contributed by atoms with E-state index in [1.807, 2.05) is 4.90 Å². The topological polar surface area (TPSA) is 60.0 Å². The zero-order valence-electron chi connectivity index (χ0n) is 18.3. The number of hydrogen-bond acceptors (Lipinski definition) is 3. The molecule has 0 saturated carbocycles. The molecular weight excluding hydrogens is 350 g/mol. The van der Waals surface area contributed by atoms with E-state index in [0.717, 1.165) is 70.3 Å². The molecule has 2 N–H and O–H groups in total. The number of carbonyl (C=O) groups excluding carboxylic acids is 1. The second-order valence-electron chi connectivity index (χ2n) is 8.46. The van der Waals surface area contributed by atoms with Gasteiger partial charge in [-0.25, -0.2) is 0 Å². The minimum atomic E-state index is 0.328. The van der Waals surface area contributed by atoms with Crippen molar-refractivity contribution in [2.75, 3.05) is 52.4 Å². The van der Waals surface area contributed by atoms with Crippen LogP contribution >= 0.6 is 0 Å². The fourth-order valence-corrected chi connectivity index (χ4v) is 4.02. The number of nitrogens with one attached hydrogen (secondary N) is 2. The summed E-state index contributed by atoms with van der Waals surface area (Å²) in [7, 11) is 0. The molecule has 28 heavy (non-hydrogen) atoms. The van der Waals surface area contributed by atoms with Crippen LogP contribution in [0, 0.1) is 5.92 Å². The number of rotatable bonds is 10. The zero-order valence-corrected chi connectivity index (χ0v) is 18.3. The van der Waals surface area contributed by atoms with Crippen molar-refractivity contribution in [1.82, 2.24) is 20.4 Å². The molecule has 0 spiro atoms. The maximum atomic E-state index is 12.0. The third-order valence-corrected chi connectivity index (χ3v) is 5.94. The number of nitrogens with zero attached hydrogens (tertiary/aromatic N) is 3. The number of piperidine rings is 1. The molecule has 0 radical (unpaired) electrons. The van der Waals surface area contributed by atoms with Gasteiger partial charge >= 0.3 is 0 Å². The number of amides is 1. The average molecular weight is 394 g/mol. The van der Waals surface area contributed by atoms with Crippen LogP contribution in [0.5, 0.6) is 0 Å². The molecule has 2 rings (SSSR count). The first-order chi connectivity index (χ1) is 13.7. The molecule has 0 atom stereocenters. The fraction of sp³-hybridized carbons (Fsp3) is 0.909. The Labute approximate surface area is 172 Å². The van der Waals surface area contributed by atoms with Crippen molar-refractivity contribution < 1.29 is 4.79 Å². The van der Waals surface area contributed by atoms with E-state index in [1.165, 1.54) is 51.7 Å². The van der Waals surface area contributed by atoms with Crippen molar-refractivity contribution in [3.8, 4) is 0 Å². The second kappa shape index (κ2) is 13.8. The molecule has 6 heteroatoms. The van der Waals surface area contributed by atoms with E-state index in [0.29, 0.717) is 5.91 Å². The summed E-state index contributed by atoms with van der Waals surface area (Å²) in [4.78, 5) is 21.4. The van der Waals surface area contributed by atoms with Crippen molar-refractivity contribution in [3.05, 3.63) is 0 Å². The van der Waals surface area contributed by atoms with Crippen LogP contribution in [0.15, 0.2) is 4.99 Å². The third-order valence-electron chi connectivity index (χ3n) is 5.94. The van der Waals surface area contributed by atoms with E-state index in [1.54, 1.807) is 0 Å². The van der Waals surface area contributed by atoms with Gasteiger partial charge in [0.2, 0.25) is 5.91 Å². The predicted molar refractivity (Wildman–Crippen MR) is 118 cm³/mol. The van der Waals surface area contributed by atoms with Crippen LogP contribution in [-0.2, 0) is 4.79 Å². The van der Waals surface area contributed by atoms with Gasteiger partial charge in [0.1, 0.15) is 0 Å². The molecule has 2 heterocycles. The van der Waals surface area contributed by atoms with Gasteiger partial charge in [-0.1, -0.05) is 13.3 Å². The van der Waals surface area contributed by atoms with Gasteiger partial charge in [0.05, 0.1) is 0 Å². The summed E-state index contributed by atoms with van der Waals surface area (Å²) in [6.07, 6.45) is 10.2. The smallest absolute Gasteiger partial charge is 0.222 e. The molecule has 0 aliphatic carbocycles. The van der Waals surface area contributed by atoms with Gasteiger partial charge in [0.25, 0.3) is 0 Å². The minimum Gasteiger partial charge on any atom is -0.357 e. The lowest BCUT2D eigenvalue weighted by Gasteiger charge is -2.30. The average Bonchev–Trinajstić information content (AvgIpc) is 2.90. The fourth-order valence-electron chi connectivity index (χ4n) is 4.02. The van der Waals surface area contributed by atoms with Gasteiger partial charge in [-0.2, -0.15) is 0 Å². The van der Waals surface area contributed by atoms with Crippen LogP contribution in [0.4, 0.5) is 0 Å². The van der Waals surface area contributed by atoms with E-state index >= 15 is 0 Å². The lowest BCUT2D eigenvalue weighted by Crippen LogP contribution is -2.38. The van der Waals surface area contributed by atoms with Crippen molar-refractivity contribution in [2.45, 2.75) is 71.6 Å². The number of carbonyl (C=O) groups is 1. The first-order valence-corrected chi connectivity index (χ1v) is 11.7. The first kappa shape index (κ1) is 23.0.